The predicted molar refractivity (Wildman–Crippen MR) is 163 cm³/mol. The van der Waals surface area contributed by atoms with Crippen molar-refractivity contribution >= 4 is 18.0 Å². The number of carbonyl (C=O) groups is 2. The molecule has 2 saturated carbocycles. The van der Waals surface area contributed by atoms with Gasteiger partial charge in [0.15, 0.2) is 0 Å². The summed E-state index contributed by atoms with van der Waals surface area (Å²) < 4.78 is 22.2. The van der Waals surface area contributed by atoms with E-state index in [9.17, 15) is 9.59 Å². The number of hydrogen-bond acceptors (Lipinski definition) is 7. The van der Waals surface area contributed by atoms with Crippen LogP contribution in [0.1, 0.15) is 88.2 Å². The second-order valence-corrected chi connectivity index (χ2v) is 11.6. The first-order chi connectivity index (χ1) is 20.5. The standard InChI is InChI=1S/C35H46O7/c1-3-5-25-6-8-27(9-7-25)30-14-19-33(26(4-2)24-30)42-35(38)29-12-10-28(11-13-29)34(37)41-32-17-15-31(16-18-32)40-23-22-39-21-20-36/h4,14-19,24-25,27-29,36H,2-3,5-13,20-23H2,1H3. The van der Waals surface area contributed by atoms with Gasteiger partial charge >= 0.3 is 11.9 Å². The van der Waals surface area contributed by atoms with Crippen LogP contribution in [-0.2, 0) is 14.3 Å². The lowest BCUT2D eigenvalue weighted by Crippen LogP contribution is -2.30. The fourth-order valence-corrected chi connectivity index (χ4v) is 6.21. The highest BCUT2D eigenvalue weighted by Gasteiger charge is 2.32. The highest BCUT2D eigenvalue weighted by atomic mass is 16.5. The van der Waals surface area contributed by atoms with E-state index in [2.05, 4.69) is 25.6 Å². The summed E-state index contributed by atoms with van der Waals surface area (Å²) in [6.45, 7) is 7.25. The van der Waals surface area contributed by atoms with E-state index in [-0.39, 0.29) is 37.0 Å². The Labute approximate surface area is 250 Å². The molecular formula is C35H46O7. The van der Waals surface area contributed by atoms with Gasteiger partial charge in [-0.3, -0.25) is 9.59 Å². The van der Waals surface area contributed by atoms with Crippen LogP contribution >= 0.6 is 0 Å². The van der Waals surface area contributed by atoms with E-state index in [1.807, 2.05) is 6.07 Å². The molecule has 7 heteroatoms. The van der Waals surface area contributed by atoms with E-state index >= 15 is 0 Å². The maximum absolute atomic E-state index is 13.0. The molecule has 1 N–H and O–H groups in total. The van der Waals surface area contributed by atoms with Gasteiger partial charge in [0, 0.05) is 5.56 Å². The summed E-state index contributed by atoms with van der Waals surface area (Å²) in [7, 11) is 0. The minimum Gasteiger partial charge on any atom is -0.491 e. The van der Waals surface area contributed by atoms with Crippen molar-refractivity contribution in [2.75, 3.05) is 26.4 Å². The van der Waals surface area contributed by atoms with Crippen molar-refractivity contribution in [1.82, 2.24) is 0 Å². The second-order valence-electron chi connectivity index (χ2n) is 11.6. The van der Waals surface area contributed by atoms with Gasteiger partial charge < -0.3 is 24.1 Å². The third kappa shape index (κ3) is 9.17. The summed E-state index contributed by atoms with van der Waals surface area (Å²) in [5.74, 6) is 2.09. The molecule has 2 fully saturated rings. The molecule has 0 atom stereocenters. The Kier molecular flexibility index (Phi) is 12.5. The molecule has 0 bridgehead atoms. The number of benzene rings is 2. The smallest absolute Gasteiger partial charge is 0.314 e. The predicted octanol–water partition coefficient (Wildman–Crippen LogP) is 7.11. The van der Waals surface area contributed by atoms with E-state index in [1.165, 1.54) is 44.1 Å². The number of rotatable bonds is 14. The molecule has 228 valence electrons. The van der Waals surface area contributed by atoms with Crippen molar-refractivity contribution in [3.8, 4) is 17.2 Å². The zero-order valence-electron chi connectivity index (χ0n) is 24.9. The van der Waals surface area contributed by atoms with Crippen LogP contribution in [0.4, 0.5) is 0 Å². The molecule has 4 rings (SSSR count). The van der Waals surface area contributed by atoms with Gasteiger partial charge in [0.25, 0.3) is 0 Å². The number of esters is 2. The van der Waals surface area contributed by atoms with Crippen LogP contribution in [0, 0.1) is 17.8 Å². The van der Waals surface area contributed by atoms with Crippen LogP contribution in [0.5, 0.6) is 17.2 Å². The quantitative estimate of drug-likeness (QED) is 0.145. The lowest BCUT2D eigenvalue weighted by molar-refractivity contribution is -0.145. The van der Waals surface area contributed by atoms with Crippen molar-refractivity contribution in [3.05, 3.63) is 60.2 Å². The van der Waals surface area contributed by atoms with Gasteiger partial charge in [-0.15, -0.1) is 0 Å². The molecule has 0 aromatic heterocycles. The molecule has 2 aliphatic rings. The van der Waals surface area contributed by atoms with E-state index in [0.29, 0.717) is 62.1 Å². The summed E-state index contributed by atoms with van der Waals surface area (Å²) in [5.41, 5.74) is 2.17. The Morgan fingerprint density at radius 2 is 1.48 bits per heavy atom. The third-order valence-corrected chi connectivity index (χ3v) is 8.65. The van der Waals surface area contributed by atoms with Crippen molar-refractivity contribution in [3.63, 3.8) is 0 Å². The summed E-state index contributed by atoms with van der Waals surface area (Å²) in [6.07, 6.45) is 11.7. The molecule has 2 aliphatic carbocycles. The third-order valence-electron chi connectivity index (χ3n) is 8.65. The number of ether oxygens (including phenoxy) is 4. The van der Waals surface area contributed by atoms with E-state index < -0.39 is 0 Å². The van der Waals surface area contributed by atoms with E-state index in [1.54, 1.807) is 30.3 Å². The number of aliphatic hydroxyl groups is 1. The molecule has 0 amide bonds. The first-order valence-corrected chi connectivity index (χ1v) is 15.6. The molecule has 0 radical (unpaired) electrons. The van der Waals surface area contributed by atoms with Crippen LogP contribution < -0.4 is 14.2 Å². The van der Waals surface area contributed by atoms with Gasteiger partial charge in [-0.05, 0) is 105 Å². The van der Waals surface area contributed by atoms with Gasteiger partial charge in [-0.25, -0.2) is 0 Å². The molecule has 0 saturated heterocycles. The molecule has 0 aliphatic heterocycles. The fraction of sp³-hybridized carbons (Fsp3) is 0.543. The average Bonchev–Trinajstić information content (AvgIpc) is 3.02. The molecule has 0 spiro atoms. The van der Waals surface area contributed by atoms with Crippen LogP contribution in [0.15, 0.2) is 49.0 Å². The Morgan fingerprint density at radius 1 is 0.833 bits per heavy atom. The topological polar surface area (TPSA) is 91.3 Å². The normalized spacial score (nSPS) is 22.2. The van der Waals surface area contributed by atoms with Crippen molar-refractivity contribution < 1.29 is 33.6 Å². The Morgan fingerprint density at radius 3 is 2.10 bits per heavy atom. The summed E-state index contributed by atoms with van der Waals surface area (Å²) in [5, 5.41) is 8.72. The molecular weight excluding hydrogens is 532 g/mol. The van der Waals surface area contributed by atoms with Crippen LogP contribution in [0.25, 0.3) is 6.08 Å². The molecule has 7 nitrogen and oxygen atoms in total. The Bertz CT molecular complexity index is 1140. The molecule has 42 heavy (non-hydrogen) atoms. The van der Waals surface area contributed by atoms with Gasteiger partial charge in [0.1, 0.15) is 23.9 Å². The molecule has 2 aromatic rings. The number of hydrogen-bond donors (Lipinski definition) is 1. The number of carbonyl (C=O) groups excluding carboxylic acids is 2. The van der Waals surface area contributed by atoms with Gasteiger partial charge in [0.2, 0.25) is 0 Å². The molecule has 0 unspecified atom stereocenters. The first kappa shape index (κ1) is 31.8. The van der Waals surface area contributed by atoms with Gasteiger partial charge in [0.05, 0.1) is 31.7 Å². The van der Waals surface area contributed by atoms with Crippen LogP contribution in [-0.4, -0.2) is 43.5 Å². The molecule has 0 heterocycles. The van der Waals surface area contributed by atoms with Crippen LogP contribution in [0.2, 0.25) is 0 Å². The van der Waals surface area contributed by atoms with Crippen LogP contribution in [0.3, 0.4) is 0 Å². The van der Waals surface area contributed by atoms with Crippen molar-refractivity contribution in [2.24, 2.45) is 17.8 Å². The monoisotopic (exact) mass is 578 g/mol. The van der Waals surface area contributed by atoms with E-state index in [0.717, 1.165) is 11.5 Å². The highest BCUT2D eigenvalue weighted by Crippen LogP contribution is 2.39. The SMILES string of the molecule is C=Cc1cc(C2CCC(CCC)CC2)ccc1OC(=O)C1CCC(C(=O)Oc2ccc(OCCOCCO)cc2)CC1. The van der Waals surface area contributed by atoms with Gasteiger partial charge in [-0.2, -0.15) is 0 Å². The first-order valence-electron chi connectivity index (χ1n) is 15.6. The van der Waals surface area contributed by atoms with Crippen molar-refractivity contribution in [2.45, 2.75) is 77.0 Å². The highest BCUT2D eigenvalue weighted by molar-refractivity contribution is 5.78. The average molecular weight is 579 g/mol. The Hall–Kier alpha value is -3.16. The summed E-state index contributed by atoms with van der Waals surface area (Å²) >= 11 is 0. The fourth-order valence-electron chi connectivity index (χ4n) is 6.21. The van der Waals surface area contributed by atoms with Gasteiger partial charge in [-0.1, -0.05) is 38.5 Å². The van der Waals surface area contributed by atoms with Crippen molar-refractivity contribution in [1.29, 1.82) is 0 Å². The lowest BCUT2D eigenvalue weighted by Gasteiger charge is -2.29. The minimum atomic E-state index is -0.277. The lowest BCUT2D eigenvalue weighted by atomic mass is 9.77. The maximum atomic E-state index is 13.0. The Balaban J connectivity index is 1.21. The molecule has 2 aromatic carbocycles. The second kappa shape index (κ2) is 16.5. The maximum Gasteiger partial charge on any atom is 0.314 e. The van der Waals surface area contributed by atoms with E-state index in [4.69, 9.17) is 24.1 Å². The summed E-state index contributed by atoms with van der Waals surface area (Å²) in [6, 6.07) is 13.1. The number of aliphatic hydroxyl groups excluding tert-OH is 1. The summed E-state index contributed by atoms with van der Waals surface area (Å²) in [4.78, 5) is 25.8. The zero-order chi connectivity index (χ0) is 29.7. The zero-order valence-corrected chi connectivity index (χ0v) is 24.9. The largest absolute Gasteiger partial charge is 0.491 e. The minimum absolute atomic E-state index is 0.0171.